The first-order valence-corrected chi connectivity index (χ1v) is 32.6. The average Bonchev–Trinajstić information content (AvgIpc) is 2.48. The van der Waals surface area contributed by atoms with Crippen molar-refractivity contribution in [2.24, 2.45) is 0 Å². The van der Waals surface area contributed by atoms with Crippen LogP contribution in [0.1, 0.15) is 0 Å². The zero-order valence-electron chi connectivity index (χ0n) is 46.2. The number of pyridine rings is 4. The van der Waals surface area contributed by atoms with E-state index in [1.54, 1.807) is 0 Å². The summed E-state index contributed by atoms with van der Waals surface area (Å²) < 4.78 is 0. The molecule has 0 aliphatic rings. The van der Waals surface area contributed by atoms with Gasteiger partial charge in [-0.2, -0.15) is 0 Å². The summed E-state index contributed by atoms with van der Waals surface area (Å²) in [7, 11) is -2.45. The van der Waals surface area contributed by atoms with Crippen molar-refractivity contribution in [1.29, 1.82) is 0 Å². The molecule has 0 aliphatic heterocycles. The average molecular weight is 1140 g/mol. The van der Waals surface area contributed by atoms with Crippen LogP contribution in [0.2, 0.25) is 0 Å². The third-order valence-electron chi connectivity index (χ3n) is 15.7. The highest BCUT2D eigenvalue weighted by Gasteiger charge is 2.22. The number of aromatic nitrogens is 4. The van der Waals surface area contributed by atoms with Crippen LogP contribution in [0.3, 0.4) is 0 Å². The third kappa shape index (κ3) is 10.5. The van der Waals surface area contributed by atoms with Gasteiger partial charge in [0.15, 0.2) is 0 Å². The van der Waals surface area contributed by atoms with Crippen LogP contribution in [0.15, 0.2) is 322 Å². The van der Waals surface area contributed by atoms with Crippen molar-refractivity contribution in [3.63, 3.8) is 0 Å². The first-order valence-electron chi connectivity index (χ1n) is 28.6. The van der Waals surface area contributed by atoms with Gasteiger partial charge in [-0.05, 0) is 114 Å². The van der Waals surface area contributed by atoms with Gasteiger partial charge in [-0.15, -0.1) is 0 Å². The van der Waals surface area contributed by atoms with E-state index in [9.17, 15) is 0 Å². The van der Waals surface area contributed by atoms with Gasteiger partial charge in [-0.1, -0.05) is 279 Å². The topological polar surface area (TPSA) is 51.6 Å². The minimum atomic E-state index is -0.990. The van der Waals surface area contributed by atoms with E-state index >= 15 is 0 Å². The van der Waals surface area contributed by atoms with E-state index < -0.39 is 23.8 Å². The molecular formula is C78H53N4P3. The lowest BCUT2D eigenvalue weighted by Gasteiger charge is -2.21. The number of benzene rings is 11. The smallest absolute Gasteiger partial charge is 0.0972 e. The largest absolute Gasteiger partial charge is 0.245 e. The summed E-state index contributed by atoms with van der Waals surface area (Å²) in [6.07, 6.45) is 0. The molecule has 0 saturated heterocycles. The summed E-state index contributed by atoms with van der Waals surface area (Å²) in [5.74, 6) is 0. The molecule has 0 fully saturated rings. The quantitative estimate of drug-likeness (QED) is 0.0853. The van der Waals surface area contributed by atoms with E-state index in [4.69, 9.17) is 19.9 Å². The van der Waals surface area contributed by atoms with Gasteiger partial charge >= 0.3 is 0 Å². The van der Waals surface area contributed by atoms with Crippen molar-refractivity contribution >= 4 is 115 Å². The molecule has 0 saturated carbocycles. The summed E-state index contributed by atoms with van der Waals surface area (Å²) in [4.78, 5) is 22.0. The van der Waals surface area contributed by atoms with Crippen LogP contribution in [0.4, 0.5) is 0 Å². The van der Waals surface area contributed by atoms with E-state index in [0.717, 1.165) is 88.6 Å². The predicted molar refractivity (Wildman–Crippen MR) is 366 cm³/mol. The maximum absolute atomic E-state index is 5.59. The molecule has 85 heavy (non-hydrogen) atoms. The van der Waals surface area contributed by atoms with Crippen molar-refractivity contribution < 1.29 is 0 Å². The molecule has 0 aliphatic carbocycles. The summed E-state index contributed by atoms with van der Waals surface area (Å²) in [5, 5.41) is 15.8. The van der Waals surface area contributed by atoms with Gasteiger partial charge in [-0.3, -0.25) is 0 Å². The molecule has 0 atom stereocenters. The van der Waals surface area contributed by atoms with Gasteiger partial charge in [0, 0.05) is 43.8 Å². The Labute approximate surface area is 498 Å². The Hall–Kier alpha value is -9.65. The molecule has 11 aromatic carbocycles. The second-order valence-electron chi connectivity index (χ2n) is 21.1. The Balaban J connectivity index is 0.833. The number of nitrogens with zero attached hydrogens (tertiary/aromatic N) is 4. The number of fused-ring (bicyclic) bond motifs is 6. The molecule has 0 N–H and O–H groups in total. The Bertz CT molecular complexity index is 4480. The molecule has 7 heteroatoms. The monoisotopic (exact) mass is 1140 g/mol. The van der Waals surface area contributed by atoms with E-state index in [0.29, 0.717) is 0 Å². The fourth-order valence-electron chi connectivity index (χ4n) is 11.6. The number of hydrogen-bond donors (Lipinski definition) is 0. The maximum Gasteiger partial charge on any atom is 0.0972 e. The Morgan fingerprint density at radius 2 is 0.376 bits per heavy atom. The van der Waals surface area contributed by atoms with Crippen LogP contribution in [-0.4, -0.2) is 19.9 Å². The molecule has 0 unspecified atom stereocenters. The standard InChI is InChI=1S/C78H53N4P3/c1-7-19-62(20-8-1)83(63-21-9-2-10-22-63)68-43-35-54(36-44-68)71-47-39-56-31-33-58-41-49-73(81-77(58)75(56)79-71)60-51-61(53-70(52-60)85(66-27-15-5-16-28-66)67-29-17-6-18-30-67)74-50-42-59-34-32-57-40-48-72(80-76(57)78(59)82-74)55-37-45-69(46-38-55)84(64-23-11-3-12-24-64)65-25-13-4-14-26-65/h1-53H. The van der Waals surface area contributed by atoms with Gasteiger partial charge in [0.25, 0.3) is 0 Å². The van der Waals surface area contributed by atoms with E-state index in [-0.39, 0.29) is 0 Å². The minimum absolute atomic E-state index is 0.730. The highest BCUT2D eigenvalue weighted by Crippen LogP contribution is 2.40. The second kappa shape index (κ2) is 23.2. The normalized spacial score (nSPS) is 11.6. The van der Waals surface area contributed by atoms with E-state index in [1.807, 2.05) is 0 Å². The zero-order chi connectivity index (χ0) is 56.5. The molecule has 15 aromatic rings. The Morgan fingerprint density at radius 3 is 0.635 bits per heavy atom. The fourth-order valence-corrected chi connectivity index (χ4v) is 18.5. The predicted octanol–water partition coefficient (Wildman–Crippen LogP) is 15.8. The molecule has 0 bridgehead atoms. The van der Waals surface area contributed by atoms with E-state index in [1.165, 1.54) is 47.7 Å². The summed E-state index contributed by atoms with van der Waals surface area (Å²) in [6, 6.07) is 116. The van der Waals surface area contributed by atoms with Crippen LogP contribution in [-0.2, 0) is 0 Å². The molecular weight excluding hydrogens is 1090 g/mol. The van der Waals surface area contributed by atoms with Crippen LogP contribution in [0.5, 0.6) is 0 Å². The van der Waals surface area contributed by atoms with Gasteiger partial charge in [0.05, 0.1) is 44.8 Å². The second-order valence-corrected chi connectivity index (χ2v) is 27.7. The Kier molecular flexibility index (Phi) is 14.2. The summed E-state index contributed by atoms with van der Waals surface area (Å²) in [5.41, 5.74) is 11.2. The lowest BCUT2D eigenvalue weighted by atomic mass is 10.0. The van der Waals surface area contributed by atoms with Gasteiger partial charge in [-0.25, -0.2) is 19.9 Å². The summed E-state index contributed by atoms with van der Waals surface area (Å²) >= 11 is 0. The minimum Gasteiger partial charge on any atom is -0.245 e. The molecule has 0 spiro atoms. The maximum atomic E-state index is 5.59. The van der Waals surface area contributed by atoms with Gasteiger partial charge < -0.3 is 0 Å². The van der Waals surface area contributed by atoms with Crippen LogP contribution < -0.4 is 47.7 Å². The number of rotatable bonds is 13. The van der Waals surface area contributed by atoms with Gasteiger partial charge in [0.2, 0.25) is 0 Å². The Morgan fingerprint density at radius 1 is 0.165 bits per heavy atom. The highest BCUT2D eigenvalue weighted by molar-refractivity contribution is 7.80. The number of hydrogen-bond acceptors (Lipinski definition) is 4. The first kappa shape index (κ1) is 52.2. The first-order chi connectivity index (χ1) is 42.1. The highest BCUT2D eigenvalue weighted by atomic mass is 31.1. The molecule has 0 amide bonds. The van der Waals surface area contributed by atoms with Crippen molar-refractivity contribution in [1.82, 2.24) is 19.9 Å². The molecule has 0 radical (unpaired) electrons. The van der Waals surface area contributed by atoms with Crippen molar-refractivity contribution in [2.75, 3.05) is 0 Å². The zero-order valence-corrected chi connectivity index (χ0v) is 48.9. The summed E-state index contributed by atoms with van der Waals surface area (Å²) in [6.45, 7) is 0. The molecule has 400 valence electrons. The van der Waals surface area contributed by atoms with E-state index in [2.05, 4.69) is 322 Å². The van der Waals surface area contributed by atoms with Crippen LogP contribution in [0.25, 0.3) is 88.6 Å². The lowest BCUT2D eigenvalue weighted by Crippen LogP contribution is -2.21. The SMILES string of the molecule is c1ccc(P(c2ccccc2)c2ccc(-c3ccc4ccc5ccc(-c6cc(-c7ccc8ccc9ccc(-c%10ccc(P(c%11ccccc%11)c%11ccccc%11)cc%10)nc9c8n7)cc(P(c7ccccc7)c7ccccc7)c6)nc5c4n3)cc2)cc1. The van der Waals surface area contributed by atoms with Crippen LogP contribution >= 0.6 is 23.8 Å². The molecule has 4 aromatic heterocycles. The van der Waals surface area contributed by atoms with Crippen molar-refractivity contribution in [3.05, 3.63) is 322 Å². The fraction of sp³-hybridized carbons (Fsp3) is 0. The third-order valence-corrected chi connectivity index (χ3v) is 23.0. The molecule has 4 heterocycles. The molecule has 15 rings (SSSR count). The van der Waals surface area contributed by atoms with Crippen LogP contribution in [0, 0.1) is 0 Å². The van der Waals surface area contributed by atoms with Crippen molar-refractivity contribution in [3.8, 4) is 45.0 Å². The van der Waals surface area contributed by atoms with Crippen molar-refractivity contribution in [2.45, 2.75) is 0 Å². The molecule has 4 nitrogen and oxygen atoms in total. The lowest BCUT2D eigenvalue weighted by molar-refractivity contribution is 1.36. The van der Waals surface area contributed by atoms with Gasteiger partial charge in [0.1, 0.15) is 0 Å².